The van der Waals surface area contributed by atoms with Gasteiger partial charge in [-0.05, 0) is 49.6 Å². The molecule has 0 saturated heterocycles. The van der Waals surface area contributed by atoms with Crippen LogP contribution >= 0.6 is 23.2 Å². The van der Waals surface area contributed by atoms with E-state index in [0.29, 0.717) is 34.3 Å². The highest BCUT2D eigenvalue weighted by Gasteiger charge is 2.31. The van der Waals surface area contributed by atoms with E-state index in [-0.39, 0.29) is 12.5 Å². The minimum atomic E-state index is -3.77. The molecule has 0 aliphatic rings. The number of nitrogens with zero attached hydrogens (tertiary/aromatic N) is 2. The molecule has 0 bridgehead atoms. The zero-order valence-corrected chi connectivity index (χ0v) is 22.9. The second-order valence-electron chi connectivity index (χ2n) is 8.44. The minimum Gasteiger partial charge on any atom is -0.354 e. The van der Waals surface area contributed by atoms with Gasteiger partial charge in [0.1, 0.15) is 12.6 Å². The number of halogens is 2. The van der Waals surface area contributed by atoms with Gasteiger partial charge in [0, 0.05) is 13.1 Å². The molecule has 0 saturated carbocycles. The van der Waals surface area contributed by atoms with Gasteiger partial charge in [0.2, 0.25) is 21.8 Å². The van der Waals surface area contributed by atoms with E-state index in [9.17, 15) is 18.0 Å². The topological polar surface area (TPSA) is 86.8 Å². The highest BCUT2D eigenvalue weighted by atomic mass is 35.5. The monoisotopic (exact) mass is 541 g/mol. The van der Waals surface area contributed by atoms with Gasteiger partial charge in [-0.15, -0.1) is 0 Å². The number of aryl methyl sites for hydroxylation is 1. The third-order valence-electron chi connectivity index (χ3n) is 5.55. The van der Waals surface area contributed by atoms with Crippen LogP contribution in [0.5, 0.6) is 0 Å². The molecular formula is C25H33Cl2N3O4S. The normalized spacial score (nSPS) is 12.2. The lowest BCUT2D eigenvalue weighted by Gasteiger charge is -2.33. The largest absolute Gasteiger partial charge is 0.354 e. The van der Waals surface area contributed by atoms with Gasteiger partial charge < -0.3 is 10.2 Å². The Bertz CT molecular complexity index is 1120. The first kappa shape index (κ1) is 28.9. The highest BCUT2D eigenvalue weighted by Crippen LogP contribution is 2.25. The summed E-state index contributed by atoms with van der Waals surface area (Å²) in [6.45, 7) is 5.85. The van der Waals surface area contributed by atoms with Crippen LogP contribution in [0.2, 0.25) is 10.0 Å². The molecule has 10 heteroatoms. The lowest BCUT2D eigenvalue weighted by atomic mass is 10.1. The summed E-state index contributed by atoms with van der Waals surface area (Å²) < 4.78 is 26.3. The molecule has 2 aromatic carbocycles. The molecule has 0 unspecified atom stereocenters. The molecule has 2 aromatic rings. The number of nitrogens with one attached hydrogen (secondary N) is 1. The maximum absolute atomic E-state index is 13.6. The second-order valence-corrected chi connectivity index (χ2v) is 11.2. The van der Waals surface area contributed by atoms with Crippen molar-refractivity contribution in [2.45, 2.75) is 52.6 Å². The second kappa shape index (κ2) is 13.1. The van der Waals surface area contributed by atoms with Crippen molar-refractivity contribution in [1.82, 2.24) is 10.2 Å². The summed E-state index contributed by atoms with van der Waals surface area (Å²) >= 11 is 12.2. The zero-order chi connectivity index (χ0) is 26.2. The summed E-state index contributed by atoms with van der Waals surface area (Å²) in [4.78, 5) is 28.0. The molecule has 0 aromatic heterocycles. The molecule has 1 N–H and O–H groups in total. The quantitative estimate of drug-likeness (QED) is 0.391. The molecule has 0 aliphatic carbocycles. The fourth-order valence-electron chi connectivity index (χ4n) is 3.59. The summed E-state index contributed by atoms with van der Waals surface area (Å²) in [6, 6.07) is 11.1. The van der Waals surface area contributed by atoms with E-state index in [1.165, 1.54) is 4.90 Å². The van der Waals surface area contributed by atoms with Gasteiger partial charge >= 0.3 is 0 Å². The smallest absolute Gasteiger partial charge is 0.244 e. The first-order chi connectivity index (χ1) is 16.5. The van der Waals surface area contributed by atoms with Gasteiger partial charge in [0.15, 0.2) is 0 Å². The molecule has 0 heterocycles. The van der Waals surface area contributed by atoms with Gasteiger partial charge in [-0.25, -0.2) is 8.42 Å². The summed E-state index contributed by atoms with van der Waals surface area (Å²) in [5.74, 6) is -0.782. The fourth-order valence-corrected chi connectivity index (χ4v) is 4.76. The van der Waals surface area contributed by atoms with Crippen molar-refractivity contribution in [2.24, 2.45) is 0 Å². The lowest BCUT2D eigenvalue weighted by Crippen LogP contribution is -2.52. The number of hydrogen-bond donors (Lipinski definition) is 1. The number of rotatable bonds is 12. The molecular weight excluding hydrogens is 509 g/mol. The molecule has 2 amide bonds. The van der Waals surface area contributed by atoms with Gasteiger partial charge in [-0.3, -0.25) is 13.9 Å². The van der Waals surface area contributed by atoms with Gasteiger partial charge in [-0.2, -0.15) is 0 Å². The summed E-state index contributed by atoms with van der Waals surface area (Å²) in [7, 11) is -3.77. The van der Waals surface area contributed by atoms with Crippen molar-refractivity contribution in [3.8, 4) is 0 Å². The Morgan fingerprint density at radius 2 is 1.69 bits per heavy atom. The van der Waals surface area contributed by atoms with Crippen LogP contribution in [-0.4, -0.2) is 50.5 Å². The molecule has 1 atom stereocenters. The number of hydrogen-bond acceptors (Lipinski definition) is 4. The Kier molecular flexibility index (Phi) is 10.9. The number of carbonyl (C=O) groups is 2. The van der Waals surface area contributed by atoms with Crippen molar-refractivity contribution in [2.75, 3.05) is 23.7 Å². The number of amides is 2. The third-order valence-corrected chi connectivity index (χ3v) is 7.43. The van der Waals surface area contributed by atoms with E-state index in [2.05, 4.69) is 5.32 Å². The molecule has 0 spiro atoms. The van der Waals surface area contributed by atoms with Crippen LogP contribution < -0.4 is 9.62 Å². The highest BCUT2D eigenvalue weighted by molar-refractivity contribution is 7.92. The van der Waals surface area contributed by atoms with E-state index in [4.69, 9.17) is 23.2 Å². The molecule has 192 valence electrons. The number of unbranched alkanes of at least 4 members (excludes halogenated alkanes) is 1. The Labute approximate surface area is 218 Å². The number of sulfonamides is 1. The van der Waals surface area contributed by atoms with Crippen molar-refractivity contribution in [3.63, 3.8) is 0 Å². The van der Waals surface area contributed by atoms with Crippen molar-refractivity contribution in [3.05, 3.63) is 63.6 Å². The van der Waals surface area contributed by atoms with Crippen molar-refractivity contribution in [1.29, 1.82) is 0 Å². The third kappa shape index (κ3) is 8.40. The van der Waals surface area contributed by atoms with Crippen LogP contribution in [0.3, 0.4) is 0 Å². The number of benzene rings is 2. The first-order valence-corrected chi connectivity index (χ1v) is 14.1. The predicted molar refractivity (Wildman–Crippen MR) is 142 cm³/mol. The fraction of sp³-hybridized carbons (Fsp3) is 0.440. The minimum absolute atomic E-state index is 0.0704. The molecule has 0 radical (unpaired) electrons. The van der Waals surface area contributed by atoms with Crippen LogP contribution in [0.25, 0.3) is 0 Å². The summed E-state index contributed by atoms with van der Waals surface area (Å²) in [6.07, 6.45) is 3.15. The molecule has 35 heavy (non-hydrogen) atoms. The average molecular weight is 543 g/mol. The van der Waals surface area contributed by atoms with E-state index in [0.717, 1.165) is 29.0 Å². The molecule has 0 aliphatic heterocycles. The van der Waals surface area contributed by atoms with E-state index in [1.54, 1.807) is 42.5 Å². The lowest BCUT2D eigenvalue weighted by molar-refractivity contribution is -0.140. The van der Waals surface area contributed by atoms with E-state index >= 15 is 0 Å². The Balaban J connectivity index is 2.41. The van der Waals surface area contributed by atoms with Gasteiger partial charge in [0.05, 0.1) is 22.0 Å². The van der Waals surface area contributed by atoms with Crippen molar-refractivity contribution >= 4 is 50.7 Å². The number of carbonyl (C=O) groups excluding carboxylic acids is 2. The van der Waals surface area contributed by atoms with E-state index < -0.39 is 28.5 Å². The van der Waals surface area contributed by atoms with Crippen LogP contribution in [0, 0.1) is 6.92 Å². The Morgan fingerprint density at radius 1 is 1.03 bits per heavy atom. The first-order valence-electron chi connectivity index (χ1n) is 11.5. The average Bonchev–Trinajstić information content (AvgIpc) is 2.79. The number of anilines is 1. The Morgan fingerprint density at radius 3 is 2.23 bits per heavy atom. The maximum Gasteiger partial charge on any atom is 0.244 e. The van der Waals surface area contributed by atoms with Crippen LogP contribution in [0.15, 0.2) is 42.5 Å². The van der Waals surface area contributed by atoms with Crippen LogP contribution in [0.1, 0.15) is 44.2 Å². The van der Waals surface area contributed by atoms with Crippen molar-refractivity contribution < 1.29 is 18.0 Å². The standard InChI is InChI=1S/C25H33Cl2N3O4S/c1-5-7-14-28-25(32)23(6-2)29(16-19-10-13-21(26)22(27)15-19)24(31)17-30(35(4,33)34)20-11-8-18(3)9-12-20/h8-13,15,23H,5-7,14,16-17H2,1-4H3,(H,28,32)/t23-/m1/s1. The van der Waals surface area contributed by atoms with Crippen LogP contribution in [0.4, 0.5) is 5.69 Å². The maximum atomic E-state index is 13.6. The Hall–Kier alpha value is -2.29. The van der Waals surface area contributed by atoms with Gasteiger partial charge in [-0.1, -0.05) is 67.2 Å². The zero-order valence-electron chi connectivity index (χ0n) is 20.6. The predicted octanol–water partition coefficient (Wildman–Crippen LogP) is 4.79. The van der Waals surface area contributed by atoms with E-state index in [1.807, 2.05) is 20.8 Å². The molecule has 2 rings (SSSR count). The molecule has 7 nitrogen and oxygen atoms in total. The van der Waals surface area contributed by atoms with Gasteiger partial charge in [0.25, 0.3) is 0 Å². The summed E-state index contributed by atoms with van der Waals surface area (Å²) in [5, 5.41) is 3.59. The van der Waals surface area contributed by atoms with Crippen LogP contribution in [-0.2, 0) is 26.2 Å². The summed E-state index contributed by atoms with van der Waals surface area (Å²) in [5.41, 5.74) is 2.01. The SMILES string of the molecule is CCCCNC(=O)[C@@H](CC)N(Cc1ccc(Cl)c(Cl)c1)C(=O)CN(c1ccc(C)cc1)S(C)(=O)=O. The molecule has 0 fully saturated rings.